The summed E-state index contributed by atoms with van der Waals surface area (Å²) in [6.07, 6.45) is 0. The fourth-order valence-corrected chi connectivity index (χ4v) is 2.41. The van der Waals surface area contributed by atoms with E-state index in [1.165, 1.54) is 17.0 Å². The molecule has 132 valence electrons. The number of amides is 1. The van der Waals surface area contributed by atoms with E-state index >= 15 is 0 Å². The van der Waals surface area contributed by atoms with Crippen molar-refractivity contribution in [3.63, 3.8) is 0 Å². The lowest BCUT2D eigenvalue weighted by Gasteiger charge is -2.25. The lowest BCUT2D eigenvalue weighted by atomic mass is 10.1. The van der Waals surface area contributed by atoms with Crippen LogP contribution in [-0.4, -0.2) is 29.4 Å². The minimum atomic E-state index is -0.454. The molecule has 0 aliphatic heterocycles. The molecular formula is C18H19ClN2O4. The van der Waals surface area contributed by atoms with E-state index in [1.807, 2.05) is 13.8 Å². The number of carbonyl (C=O) groups excluding carboxylic acids is 1. The number of aryl methyl sites for hydroxylation is 1. The van der Waals surface area contributed by atoms with E-state index < -0.39 is 4.92 Å². The predicted octanol–water partition coefficient (Wildman–Crippen LogP) is 4.16. The van der Waals surface area contributed by atoms with Crippen molar-refractivity contribution >= 4 is 23.2 Å². The molecule has 0 aromatic heterocycles. The molecule has 0 unspecified atom stereocenters. The van der Waals surface area contributed by atoms with Gasteiger partial charge in [0.25, 0.3) is 11.6 Å². The summed E-state index contributed by atoms with van der Waals surface area (Å²) in [4.78, 5) is 24.3. The summed E-state index contributed by atoms with van der Waals surface area (Å²) in [6, 6.07) is 11.1. The minimum absolute atomic E-state index is 0.00177. The van der Waals surface area contributed by atoms with Crippen molar-refractivity contribution in [1.29, 1.82) is 0 Å². The van der Waals surface area contributed by atoms with Gasteiger partial charge in [-0.3, -0.25) is 14.9 Å². The molecule has 7 heteroatoms. The van der Waals surface area contributed by atoms with Crippen LogP contribution in [0.15, 0.2) is 42.5 Å². The Morgan fingerprint density at radius 3 is 2.68 bits per heavy atom. The van der Waals surface area contributed by atoms with Crippen molar-refractivity contribution in [2.75, 3.05) is 13.7 Å². The molecule has 25 heavy (non-hydrogen) atoms. The third kappa shape index (κ3) is 4.70. The second-order valence-corrected chi connectivity index (χ2v) is 6.14. The summed E-state index contributed by atoms with van der Waals surface area (Å²) >= 11 is 5.96. The van der Waals surface area contributed by atoms with Crippen LogP contribution in [0.3, 0.4) is 0 Å². The summed E-state index contributed by atoms with van der Waals surface area (Å²) < 4.78 is 5.51. The van der Waals surface area contributed by atoms with Gasteiger partial charge in [0.15, 0.2) is 6.61 Å². The quantitative estimate of drug-likeness (QED) is 0.571. The van der Waals surface area contributed by atoms with Crippen LogP contribution in [0.25, 0.3) is 0 Å². The lowest BCUT2D eigenvalue weighted by molar-refractivity contribution is -0.384. The molecule has 0 bridgehead atoms. The number of hydrogen-bond acceptors (Lipinski definition) is 4. The molecule has 0 fully saturated rings. The van der Waals surface area contributed by atoms with Gasteiger partial charge in [0.1, 0.15) is 5.75 Å². The molecule has 1 amide bonds. The van der Waals surface area contributed by atoms with E-state index in [-0.39, 0.29) is 24.2 Å². The smallest absolute Gasteiger partial charge is 0.269 e. The first-order valence-electron chi connectivity index (χ1n) is 7.68. The SMILES string of the molecule is Cc1cc(OCC(=O)N(C)[C@@H](C)c2cccc([N+](=O)[O-])c2)ccc1Cl. The highest BCUT2D eigenvalue weighted by Gasteiger charge is 2.19. The average Bonchev–Trinajstić information content (AvgIpc) is 2.61. The topological polar surface area (TPSA) is 72.7 Å². The van der Waals surface area contributed by atoms with Gasteiger partial charge in [-0.2, -0.15) is 0 Å². The summed E-state index contributed by atoms with van der Waals surface area (Å²) in [7, 11) is 1.64. The van der Waals surface area contributed by atoms with Crippen molar-refractivity contribution in [2.24, 2.45) is 0 Å². The van der Waals surface area contributed by atoms with Crippen LogP contribution in [0.5, 0.6) is 5.75 Å². The molecule has 0 spiro atoms. The highest BCUT2D eigenvalue weighted by Crippen LogP contribution is 2.24. The van der Waals surface area contributed by atoms with Gasteiger partial charge >= 0.3 is 0 Å². The molecule has 2 aromatic carbocycles. The molecule has 0 N–H and O–H groups in total. The Morgan fingerprint density at radius 2 is 2.04 bits per heavy atom. The standard InChI is InChI=1S/C18H19ClN2O4/c1-12-9-16(7-8-17(12)19)25-11-18(22)20(3)13(2)14-5-4-6-15(10-14)21(23)24/h4-10,13H,11H2,1-3H3/t13-/m0/s1. The van der Waals surface area contributed by atoms with Gasteiger partial charge in [0.2, 0.25) is 0 Å². The molecule has 1 atom stereocenters. The maximum atomic E-state index is 12.3. The summed E-state index contributed by atoms with van der Waals surface area (Å²) in [5.74, 6) is 0.332. The van der Waals surface area contributed by atoms with Crippen molar-refractivity contribution in [3.8, 4) is 5.75 Å². The Morgan fingerprint density at radius 1 is 1.32 bits per heavy atom. The third-order valence-corrected chi connectivity index (χ3v) is 4.45. The molecule has 0 saturated carbocycles. The van der Waals surface area contributed by atoms with Gasteiger partial charge in [-0.25, -0.2) is 0 Å². The van der Waals surface area contributed by atoms with Gasteiger partial charge in [-0.15, -0.1) is 0 Å². The minimum Gasteiger partial charge on any atom is -0.484 e. The highest BCUT2D eigenvalue weighted by atomic mass is 35.5. The Hall–Kier alpha value is -2.60. The zero-order valence-corrected chi connectivity index (χ0v) is 15.0. The zero-order valence-electron chi connectivity index (χ0n) is 14.2. The zero-order chi connectivity index (χ0) is 18.6. The first-order chi connectivity index (χ1) is 11.8. The van der Waals surface area contributed by atoms with Gasteiger partial charge in [-0.1, -0.05) is 23.7 Å². The van der Waals surface area contributed by atoms with Gasteiger partial charge in [0, 0.05) is 24.2 Å². The van der Waals surface area contributed by atoms with E-state index in [9.17, 15) is 14.9 Å². The third-order valence-electron chi connectivity index (χ3n) is 4.03. The fourth-order valence-electron chi connectivity index (χ4n) is 2.29. The number of nitro benzene ring substituents is 1. The van der Waals surface area contributed by atoms with Gasteiger partial charge in [0.05, 0.1) is 11.0 Å². The second kappa shape index (κ2) is 7.98. The maximum Gasteiger partial charge on any atom is 0.269 e. The summed E-state index contributed by atoms with van der Waals surface area (Å²) in [6.45, 7) is 3.54. The number of rotatable bonds is 6. The van der Waals surface area contributed by atoms with Crippen LogP contribution in [0, 0.1) is 17.0 Å². The van der Waals surface area contributed by atoms with Crippen LogP contribution in [-0.2, 0) is 4.79 Å². The maximum absolute atomic E-state index is 12.3. The van der Waals surface area contributed by atoms with Crippen LogP contribution >= 0.6 is 11.6 Å². The monoisotopic (exact) mass is 362 g/mol. The van der Waals surface area contributed by atoms with Gasteiger partial charge < -0.3 is 9.64 Å². The Kier molecular flexibility index (Phi) is 5.98. The van der Waals surface area contributed by atoms with Crippen LogP contribution in [0.2, 0.25) is 5.02 Å². The van der Waals surface area contributed by atoms with E-state index in [4.69, 9.17) is 16.3 Å². The highest BCUT2D eigenvalue weighted by molar-refractivity contribution is 6.31. The number of likely N-dealkylation sites (N-methyl/N-ethyl adjacent to an activating group) is 1. The molecule has 2 rings (SSSR count). The molecular weight excluding hydrogens is 344 g/mol. The van der Waals surface area contributed by atoms with Gasteiger partial charge in [-0.05, 0) is 43.2 Å². The average molecular weight is 363 g/mol. The Balaban J connectivity index is 2.02. The fraction of sp³-hybridized carbons (Fsp3) is 0.278. The number of halogens is 1. The van der Waals surface area contributed by atoms with E-state index in [0.717, 1.165) is 5.56 Å². The van der Waals surface area contributed by atoms with E-state index in [1.54, 1.807) is 37.4 Å². The van der Waals surface area contributed by atoms with Crippen LogP contribution in [0.4, 0.5) is 5.69 Å². The largest absolute Gasteiger partial charge is 0.484 e. The number of ether oxygens (including phenoxy) is 1. The van der Waals surface area contributed by atoms with E-state index in [2.05, 4.69) is 0 Å². The molecule has 0 radical (unpaired) electrons. The molecule has 6 nitrogen and oxygen atoms in total. The van der Waals surface area contributed by atoms with Crippen LogP contribution in [0.1, 0.15) is 24.1 Å². The van der Waals surface area contributed by atoms with Crippen molar-refractivity contribution in [3.05, 3.63) is 68.7 Å². The second-order valence-electron chi connectivity index (χ2n) is 5.73. The normalized spacial score (nSPS) is 11.7. The Bertz CT molecular complexity index is 794. The number of benzene rings is 2. The molecule has 2 aromatic rings. The number of hydrogen-bond donors (Lipinski definition) is 0. The van der Waals surface area contributed by atoms with Crippen molar-refractivity contribution < 1.29 is 14.5 Å². The van der Waals surface area contributed by atoms with Crippen molar-refractivity contribution in [1.82, 2.24) is 4.90 Å². The first-order valence-corrected chi connectivity index (χ1v) is 8.06. The first kappa shape index (κ1) is 18.7. The summed E-state index contributed by atoms with van der Waals surface area (Å²) in [5, 5.41) is 11.5. The number of nitrogens with zero attached hydrogens (tertiary/aromatic N) is 2. The molecule has 0 aliphatic rings. The number of nitro groups is 1. The lowest BCUT2D eigenvalue weighted by Crippen LogP contribution is -2.33. The number of non-ortho nitro benzene ring substituents is 1. The Labute approximate surface area is 151 Å². The number of carbonyl (C=O) groups is 1. The predicted molar refractivity (Wildman–Crippen MR) is 96.0 cm³/mol. The molecule has 0 heterocycles. The van der Waals surface area contributed by atoms with Crippen molar-refractivity contribution in [2.45, 2.75) is 19.9 Å². The van der Waals surface area contributed by atoms with E-state index in [0.29, 0.717) is 16.3 Å². The van der Waals surface area contributed by atoms with Crippen LogP contribution < -0.4 is 4.74 Å². The summed E-state index contributed by atoms with van der Waals surface area (Å²) in [5.41, 5.74) is 1.55. The molecule has 0 aliphatic carbocycles. The molecule has 0 saturated heterocycles.